The number of halogens is 2. The number of H-pyrrole nitrogens is 2. The third-order valence-electron chi connectivity index (χ3n) is 11.7. The Morgan fingerprint density at radius 1 is 1.05 bits per heavy atom. The van der Waals surface area contributed by atoms with Gasteiger partial charge in [-0.15, -0.1) is 0 Å². The van der Waals surface area contributed by atoms with Crippen LogP contribution in [0.4, 0.5) is 18.4 Å². The van der Waals surface area contributed by atoms with E-state index in [-0.39, 0.29) is 37.7 Å². The largest absolute Gasteiger partial charge is 0.488 e. The van der Waals surface area contributed by atoms with E-state index in [2.05, 4.69) is 45.0 Å². The van der Waals surface area contributed by atoms with Crippen molar-refractivity contribution in [3.63, 3.8) is 0 Å². The van der Waals surface area contributed by atoms with Crippen molar-refractivity contribution in [2.24, 2.45) is 11.3 Å². The molecule has 2 saturated heterocycles. The Morgan fingerprint density at radius 2 is 1.84 bits per heavy atom. The van der Waals surface area contributed by atoms with Crippen molar-refractivity contribution in [3.8, 4) is 28.1 Å². The quantitative estimate of drug-likeness (QED) is 0.155. The molecule has 5 heterocycles. The highest BCUT2D eigenvalue weighted by molar-refractivity contribution is 6.07. The van der Waals surface area contributed by atoms with Gasteiger partial charge in [0.25, 0.3) is 0 Å². The Morgan fingerprint density at radius 3 is 2.55 bits per heavy atom. The molecular weight excluding hydrogens is 722 g/mol. The summed E-state index contributed by atoms with van der Waals surface area (Å²) in [6, 6.07) is 14.2. The van der Waals surface area contributed by atoms with Crippen molar-refractivity contribution < 1.29 is 37.7 Å². The number of nitrogens with zero attached hydrogens (tertiary/aromatic N) is 4. The number of likely N-dealkylation sites (tertiary alicyclic amines) is 2. The standard InChI is InChI=1S/C42H48F2N6O6/c1-22-8-13-32(50(22)39(53)56-41(5,6)7)35-46-30-12-10-24-15-29-27-11-9-25(14-26(27)21-54-33(29)16-28(24)34(30)48-35)31-18-45-36(47-31)42(40(2,3)4)17-23(20-55-37(43)44)19-49(42)38(51)52/h9-12,14-16,18,22-23,32,37H,8,13,17,19-21H2,1-7H3,(H,45,47)(H,46,48)(H,51,52)/t22-,23-,32-,42+/m0/s1. The number of ether oxygens (including phenoxy) is 3. The number of amides is 2. The Hall–Kier alpha value is -5.24. The van der Waals surface area contributed by atoms with Gasteiger partial charge in [0, 0.05) is 29.5 Å². The van der Waals surface area contributed by atoms with E-state index in [0.29, 0.717) is 18.1 Å². The molecule has 3 aliphatic rings. The van der Waals surface area contributed by atoms with Gasteiger partial charge in [-0.25, -0.2) is 19.6 Å². The molecule has 2 amide bonds. The third-order valence-corrected chi connectivity index (χ3v) is 11.7. The molecule has 0 spiro atoms. The van der Waals surface area contributed by atoms with E-state index in [9.17, 15) is 23.5 Å². The molecule has 0 unspecified atom stereocenters. The summed E-state index contributed by atoms with van der Waals surface area (Å²) in [5.74, 6) is 1.52. The number of carbonyl (C=O) groups excluding carboxylic acids is 1. The number of nitrogens with one attached hydrogen (secondary N) is 2. The van der Waals surface area contributed by atoms with Crippen molar-refractivity contribution in [1.29, 1.82) is 0 Å². The van der Waals surface area contributed by atoms with Crippen LogP contribution in [0, 0.1) is 11.3 Å². The third kappa shape index (κ3) is 6.41. The number of alkyl halides is 2. The molecule has 0 bridgehead atoms. The van der Waals surface area contributed by atoms with E-state index in [1.165, 1.54) is 4.90 Å². The summed E-state index contributed by atoms with van der Waals surface area (Å²) in [6.45, 7) is 10.7. The van der Waals surface area contributed by atoms with Gasteiger partial charge in [0.1, 0.15) is 35.1 Å². The number of imidazole rings is 2. The molecule has 0 aliphatic carbocycles. The molecule has 3 aliphatic heterocycles. The van der Waals surface area contributed by atoms with Crippen LogP contribution in [0.25, 0.3) is 44.2 Å². The molecule has 2 aromatic heterocycles. The predicted molar refractivity (Wildman–Crippen MR) is 206 cm³/mol. The number of aromatic nitrogens is 4. The van der Waals surface area contributed by atoms with Gasteiger partial charge >= 0.3 is 18.8 Å². The first kappa shape index (κ1) is 37.7. The number of carboxylic acid groups (broad SMARTS) is 1. The van der Waals surface area contributed by atoms with E-state index in [0.717, 1.165) is 68.5 Å². The van der Waals surface area contributed by atoms with E-state index < -0.39 is 35.2 Å². The van der Waals surface area contributed by atoms with Gasteiger partial charge < -0.3 is 29.3 Å². The fourth-order valence-corrected chi connectivity index (χ4v) is 9.05. The van der Waals surface area contributed by atoms with Crippen molar-refractivity contribution in [2.75, 3.05) is 13.2 Å². The van der Waals surface area contributed by atoms with Crippen LogP contribution in [0.2, 0.25) is 0 Å². The molecule has 3 aromatic carbocycles. The molecule has 0 radical (unpaired) electrons. The van der Waals surface area contributed by atoms with Gasteiger partial charge in [0.05, 0.1) is 35.6 Å². The second kappa shape index (κ2) is 13.5. The summed E-state index contributed by atoms with van der Waals surface area (Å²) in [7, 11) is 0. The molecule has 12 nitrogen and oxygen atoms in total. The van der Waals surface area contributed by atoms with Crippen LogP contribution in [-0.2, 0) is 21.6 Å². The summed E-state index contributed by atoms with van der Waals surface area (Å²) in [4.78, 5) is 45.6. The molecule has 14 heteroatoms. The molecular formula is C42H48F2N6O6. The highest BCUT2D eigenvalue weighted by Gasteiger charge is 2.58. The minimum atomic E-state index is -2.93. The summed E-state index contributed by atoms with van der Waals surface area (Å²) >= 11 is 0. The van der Waals surface area contributed by atoms with E-state index in [1.54, 1.807) is 11.1 Å². The fourth-order valence-electron chi connectivity index (χ4n) is 9.05. The number of rotatable bonds is 6. The maximum absolute atomic E-state index is 13.2. The van der Waals surface area contributed by atoms with Crippen LogP contribution in [-0.4, -0.2) is 78.4 Å². The zero-order valence-corrected chi connectivity index (χ0v) is 32.7. The minimum Gasteiger partial charge on any atom is -0.488 e. The van der Waals surface area contributed by atoms with Crippen molar-refractivity contribution in [1.82, 2.24) is 29.7 Å². The monoisotopic (exact) mass is 770 g/mol. The summed E-state index contributed by atoms with van der Waals surface area (Å²) < 4.78 is 42.6. The molecule has 0 saturated carbocycles. The lowest BCUT2D eigenvalue weighted by Gasteiger charge is -2.45. The SMILES string of the molecule is C[C@H]1CC[C@@H](c2nc3ccc4cc5c(cc4c3[nH]2)OCc2cc(-c3cnc([C@@]4(C(C)(C)C)C[C@H](COC(F)F)CN4C(=O)O)[nH]3)ccc2-5)N1C(=O)OC(C)(C)C. The Bertz CT molecular complexity index is 2340. The van der Waals surface area contributed by atoms with Crippen LogP contribution in [0.1, 0.15) is 91.0 Å². The van der Waals surface area contributed by atoms with Gasteiger partial charge in [-0.1, -0.05) is 39.0 Å². The lowest BCUT2D eigenvalue weighted by atomic mass is 9.70. The summed E-state index contributed by atoms with van der Waals surface area (Å²) in [6.07, 6.45) is 2.14. The number of benzene rings is 3. The Balaban J connectivity index is 1.09. The number of hydrogen-bond donors (Lipinski definition) is 3. The molecule has 8 rings (SSSR count). The first-order chi connectivity index (χ1) is 26.4. The summed E-state index contributed by atoms with van der Waals surface area (Å²) in [5.41, 5.74) is 3.90. The van der Waals surface area contributed by atoms with Gasteiger partial charge in [-0.05, 0) is 98.7 Å². The first-order valence-electron chi connectivity index (χ1n) is 19.1. The topological polar surface area (TPSA) is 146 Å². The average Bonchev–Trinajstić information content (AvgIpc) is 3.93. The van der Waals surface area contributed by atoms with E-state index >= 15 is 0 Å². The van der Waals surface area contributed by atoms with E-state index in [4.69, 9.17) is 19.4 Å². The van der Waals surface area contributed by atoms with Crippen LogP contribution >= 0.6 is 0 Å². The molecule has 3 N–H and O–H groups in total. The van der Waals surface area contributed by atoms with E-state index in [1.807, 2.05) is 60.6 Å². The molecule has 56 heavy (non-hydrogen) atoms. The van der Waals surface area contributed by atoms with Gasteiger partial charge in [0.2, 0.25) is 0 Å². The molecule has 2 fully saturated rings. The zero-order chi connectivity index (χ0) is 39.9. The van der Waals surface area contributed by atoms with Gasteiger partial charge in [-0.3, -0.25) is 9.80 Å². The predicted octanol–water partition coefficient (Wildman–Crippen LogP) is 9.61. The number of carbonyl (C=O) groups is 2. The van der Waals surface area contributed by atoms with Crippen LogP contribution in [0.3, 0.4) is 0 Å². The maximum Gasteiger partial charge on any atom is 0.411 e. The highest BCUT2D eigenvalue weighted by atomic mass is 19.3. The zero-order valence-electron chi connectivity index (χ0n) is 32.7. The lowest BCUT2D eigenvalue weighted by Crippen LogP contribution is -2.53. The lowest BCUT2D eigenvalue weighted by molar-refractivity contribution is -0.137. The number of hydrogen-bond acceptors (Lipinski definition) is 7. The molecule has 4 atom stereocenters. The molecule has 296 valence electrons. The second-order valence-electron chi connectivity index (χ2n) is 17.5. The first-order valence-corrected chi connectivity index (χ1v) is 19.1. The number of aromatic amines is 2. The van der Waals surface area contributed by atoms with Crippen molar-refractivity contribution >= 4 is 34.0 Å². The van der Waals surface area contributed by atoms with Crippen molar-refractivity contribution in [2.45, 2.75) is 104 Å². The molecule has 5 aromatic rings. The smallest absolute Gasteiger partial charge is 0.411 e. The maximum atomic E-state index is 13.2. The fraction of sp³-hybridized carbons (Fsp3) is 0.476. The minimum absolute atomic E-state index is 0.0288. The van der Waals surface area contributed by atoms with Crippen LogP contribution in [0.5, 0.6) is 5.75 Å². The summed E-state index contributed by atoms with van der Waals surface area (Å²) in [5, 5.41) is 12.3. The number of fused-ring (bicyclic) bond motifs is 6. The second-order valence-corrected chi connectivity index (χ2v) is 17.5. The Kier molecular flexibility index (Phi) is 9.05. The van der Waals surface area contributed by atoms with Gasteiger partial charge in [0.15, 0.2) is 0 Å². The highest BCUT2D eigenvalue weighted by Crippen LogP contribution is 2.52. The average molecular weight is 771 g/mol. The van der Waals surface area contributed by atoms with Crippen molar-refractivity contribution in [3.05, 3.63) is 65.9 Å². The van der Waals surface area contributed by atoms with Crippen LogP contribution < -0.4 is 4.74 Å². The Labute approximate surface area is 323 Å². The van der Waals surface area contributed by atoms with Gasteiger partial charge in [-0.2, -0.15) is 8.78 Å². The normalized spacial score (nSPS) is 22.5. The van der Waals surface area contributed by atoms with Crippen LogP contribution in [0.15, 0.2) is 48.7 Å².